The quantitative estimate of drug-likeness (QED) is 0.721. The largest absolute Gasteiger partial charge is 0.385 e. The summed E-state index contributed by atoms with van der Waals surface area (Å²) in [6.45, 7) is 0.750. The Kier molecular flexibility index (Phi) is 4.89. The van der Waals surface area contributed by atoms with E-state index < -0.39 is 5.60 Å². The summed E-state index contributed by atoms with van der Waals surface area (Å²) >= 11 is 0. The highest BCUT2D eigenvalue weighted by Gasteiger charge is 2.28. The Morgan fingerprint density at radius 2 is 1.61 bits per heavy atom. The van der Waals surface area contributed by atoms with Gasteiger partial charge in [0, 0.05) is 18.9 Å². The Hall–Kier alpha value is -2.39. The van der Waals surface area contributed by atoms with Gasteiger partial charge in [-0.3, -0.25) is 0 Å². The van der Waals surface area contributed by atoms with Crippen molar-refractivity contribution in [3.05, 3.63) is 90.5 Å². The number of aliphatic hydroxyl groups is 1. The highest BCUT2D eigenvalue weighted by Crippen LogP contribution is 2.31. The molecule has 0 saturated carbocycles. The third-order valence-electron chi connectivity index (χ3n) is 4.32. The molecule has 3 aromatic rings. The van der Waals surface area contributed by atoms with E-state index in [1.54, 1.807) is 12.5 Å². The number of nitrogens with zero attached hydrogens (tertiary/aromatic N) is 2. The van der Waals surface area contributed by atoms with Gasteiger partial charge in [0.05, 0.1) is 11.9 Å². The highest BCUT2D eigenvalue weighted by atomic mass is 16.3. The van der Waals surface area contributed by atoms with Crippen LogP contribution in [0.5, 0.6) is 0 Å². The molecule has 1 aromatic heterocycles. The maximum Gasteiger partial charge on any atom is 0.0945 e. The van der Waals surface area contributed by atoms with E-state index >= 15 is 0 Å². The Morgan fingerprint density at radius 1 is 0.913 bits per heavy atom. The molecule has 0 spiro atoms. The van der Waals surface area contributed by atoms with Crippen molar-refractivity contribution in [2.75, 3.05) is 0 Å². The first-order valence-electron chi connectivity index (χ1n) is 8.04. The minimum atomic E-state index is -0.832. The summed E-state index contributed by atoms with van der Waals surface area (Å²) in [7, 11) is 0. The molecule has 0 amide bonds. The van der Waals surface area contributed by atoms with Crippen LogP contribution in [-0.4, -0.2) is 14.7 Å². The molecule has 3 heteroatoms. The molecule has 0 aliphatic carbocycles. The number of aromatic nitrogens is 2. The van der Waals surface area contributed by atoms with Crippen molar-refractivity contribution in [2.45, 2.75) is 31.4 Å². The fraction of sp³-hybridized carbons (Fsp3) is 0.250. The van der Waals surface area contributed by atoms with Crippen molar-refractivity contribution >= 4 is 0 Å². The van der Waals surface area contributed by atoms with Crippen molar-refractivity contribution in [2.24, 2.45) is 0 Å². The van der Waals surface area contributed by atoms with Crippen LogP contribution in [0.15, 0.2) is 79.4 Å². The molecule has 0 radical (unpaired) electrons. The first-order valence-corrected chi connectivity index (χ1v) is 8.04. The third-order valence-corrected chi connectivity index (χ3v) is 4.32. The van der Waals surface area contributed by atoms with Crippen molar-refractivity contribution in [1.82, 2.24) is 9.55 Å². The predicted molar refractivity (Wildman–Crippen MR) is 91.9 cm³/mol. The molecule has 1 unspecified atom stereocenters. The molecule has 118 valence electrons. The molecule has 3 rings (SSSR count). The summed E-state index contributed by atoms with van der Waals surface area (Å²) in [6, 6.07) is 20.3. The Bertz CT molecular complexity index is 695. The van der Waals surface area contributed by atoms with E-state index in [0.717, 1.165) is 18.5 Å². The zero-order chi connectivity index (χ0) is 16.0. The van der Waals surface area contributed by atoms with Crippen LogP contribution in [0.3, 0.4) is 0 Å². The van der Waals surface area contributed by atoms with E-state index in [-0.39, 0.29) is 0 Å². The summed E-state index contributed by atoms with van der Waals surface area (Å²) in [6.07, 6.45) is 7.73. The molecule has 1 atom stereocenters. The molecule has 2 aromatic carbocycles. The minimum absolute atomic E-state index is 0.667. The zero-order valence-electron chi connectivity index (χ0n) is 13.2. The Balaban J connectivity index is 1.75. The molecule has 0 aliphatic heterocycles. The van der Waals surface area contributed by atoms with Gasteiger partial charge in [-0.25, -0.2) is 4.98 Å². The average Bonchev–Trinajstić information content (AvgIpc) is 3.14. The molecule has 1 heterocycles. The number of hydrogen-bond donors (Lipinski definition) is 1. The topological polar surface area (TPSA) is 38.0 Å². The smallest absolute Gasteiger partial charge is 0.0945 e. The van der Waals surface area contributed by atoms with Crippen LogP contribution in [0.1, 0.15) is 24.0 Å². The lowest BCUT2D eigenvalue weighted by molar-refractivity contribution is 0.0144. The molecular weight excluding hydrogens is 284 g/mol. The Labute approximate surface area is 137 Å². The SMILES string of the molecule is OC(CCc1ccccc1)(CCn1ccnc1)c1ccccc1. The van der Waals surface area contributed by atoms with E-state index in [4.69, 9.17) is 0 Å². The van der Waals surface area contributed by atoms with Gasteiger partial charge in [-0.05, 0) is 30.4 Å². The number of benzene rings is 2. The van der Waals surface area contributed by atoms with Crippen molar-refractivity contribution < 1.29 is 5.11 Å². The molecule has 3 nitrogen and oxygen atoms in total. The van der Waals surface area contributed by atoms with Crippen molar-refractivity contribution in [1.29, 1.82) is 0 Å². The van der Waals surface area contributed by atoms with Crippen LogP contribution in [-0.2, 0) is 18.6 Å². The standard InChI is InChI=1S/C20H22N2O/c23-20(19-9-5-2-6-10-19,13-15-22-16-14-21-17-22)12-11-18-7-3-1-4-8-18/h1-10,14,16-17,23H,11-13,15H2. The van der Waals surface area contributed by atoms with Gasteiger partial charge in [-0.15, -0.1) is 0 Å². The lowest BCUT2D eigenvalue weighted by Crippen LogP contribution is -2.28. The van der Waals surface area contributed by atoms with E-state index in [2.05, 4.69) is 17.1 Å². The Morgan fingerprint density at radius 3 is 2.26 bits per heavy atom. The first kappa shape index (κ1) is 15.5. The lowest BCUT2D eigenvalue weighted by atomic mass is 9.85. The van der Waals surface area contributed by atoms with E-state index in [0.29, 0.717) is 12.8 Å². The second-order valence-corrected chi connectivity index (χ2v) is 5.93. The second kappa shape index (κ2) is 7.25. The molecule has 0 bridgehead atoms. The van der Waals surface area contributed by atoms with E-state index in [9.17, 15) is 5.11 Å². The summed E-state index contributed by atoms with van der Waals surface area (Å²) in [4.78, 5) is 4.07. The van der Waals surface area contributed by atoms with Crippen LogP contribution in [0.25, 0.3) is 0 Å². The fourth-order valence-electron chi connectivity index (χ4n) is 2.89. The first-order chi connectivity index (χ1) is 11.3. The average molecular weight is 306 g/mol. The summed E-state index contributed by atoms with van der Waals surface area (Å²) in [5.74, 6) is 0. The number of hydrogen-bond acceptors (Lipinski definition) is 2. The van der Waals surface area contributed by atoms with Crippen LogP contribution in [0.2, 0.25) is 0 Å². The summed E-state index contributed by atoms with van der Waals surface area (Å²) in [5, 5.41) is 11.3. The number of imidazole rings is 1. The maximum absolute atomic E-state index is 11.3. The van der Waals surface area contributed by atoms with Gasteiger partial charge < -0.3 is 9.67 Å². The van der Waals surface area contributed by atoms with Gasteiger partial charge in [0.15, 0.2) is 0 Å². The van der Waals surface area contributed by atoms with Gasteiger partial charge >= 0.3 is 0 Å². The molecule has 23 heavy (non-hydrogen) atoms. The van der Waals surface area contributed by atoms with Gasteiger partial charge in [-0.1, -0.05) is 60.7 Å². The van der Waals surface area contributed by atoms with Gasteiger partial charge in [0.25, 0.3) is 0 Å². The number of aryl methyl sites for hydroxylation is 2. The molecule has 0 fully saturated rings. The minimum Gasteiger partial charge on any atom is -0.385 e. The molecular formula is C20H22N2O. The van der Waals surface area contributed by atoms with Gasteiger partial charge in [-0.2, -0.15) is 0 Å². The molecule has 0 aliphatic rings. The van der Waals surface area contributed by atoms with Crippen LogP contribution < -0.4 is 0 Å². The normalized spacial score (nSPS) is 13.6. The number of rotatable bonds is 7. The van der Waals surface area contributed by atoms with Crippen molar-refractivity contribution in [3.8, 4) is 0 Å². The maximum atomic E-state index is 11.3. The monoisotopic (exact) mass is 306 g/mol. The van der Waals surface area contributed by atoms with E-state index in [1.807, 2.05) is 59.3 Å². The summed E-state index contributed by atoms with van der Waals surface area (Å²) in [5.41, 5.74) is 1.40. The summed E-state index contributed by atoms with van der Waals surface area (Å²) < 4.78 is 2.01. The van der Waals surface area contributed by atoms with Gasteiger partial charge in [0.2, 0.25) is 0 Å². The van der Waals surface area contributed by atoms with Gasteiger partial charge in [0.1, 0.15) is 0 Å². The van der Waals surface area contributed by atoms with Crippen LogP contribution >= 0.6 is 0 Å². The lowest BCUT2D eigenvalue weighted by Gasteiger charge is -2.29. The highest BCUT2D eigenvalue weighted by molar-refractivity contribution is 5.23. The second-order valence-electron chi connectivity index (χ2n) is 5.93. The van der Waals surface area contributed by atoms with E-state index in [1.165, 1.54) is 5.56 Å². The van der Waals surface area contributed by atoms with Crippen molar-refractivity contribution in [3.63, 3.8) is 0 Å². The molecule has 0 saturated heterocycles. The fourth-order valence-corrected chi connectivity index (χ4v) is 2.89. The van der Waals surface area contributed by atoms with Crippen LogP contribution in [0, 0.1) is 0 Å². The van der Waals surface area contributed by atoms with Crippen LogP contribution in [0.4, 0.5) is 0 Å². The zero-order valence-corrected chi connectivity index (χ0v) is 13.2. The molecule has 1 N–H and O–H groups in total. The third kappa shape index (κ3) is 4.08. The predicted octanol–water partition coefficient (Wildman–Crippen LogP) is 3.79.